The van der Waals surface area contributed by atoms with Crippen LogP contribution < -0.4 is 10.2 Å². The number of anilines is 3. The Balaban J connectivity index is 2.24. The van der Waals surface area contributed by atoms with Gasteiger partial charge in [0.05, 0.1) is 11.3 Å². The number of aromatic nitrogens is 2. The van der Waals surface area contributed by atoms with E-state index in [4.69, 9.17) is 0 Å². The molecule has 1 N–H and O–H groups in total. The largest absolute Gasteiger partial charge is 0.323 e. The van der Waals surface area contributed by atoms with Gasteiger partial charge in [0.15, 0.2) is 5.82 Å². The van der Waals surface area contributed by atoms with Gasteiger partial charge in [-0.25, -0.2) is 9.97 Å². The van der Waals surface area contributed by atoms with E-state index in [2.05, 4.69) is 15.3 Å². The summed E-state index contributed by atoms with van der Waals surface area (Å²) in [7, 11) is 1.73. The van der Waals surface area contributed by atoms with E-state index in [1.54, 1.807) is 42.5 Å². The van der Waals surface area contributed by atoms with E-state index < -0.39 is 0 Å². The van der Waals surface area contributed by atoms with Crippen molar-refractivity contribution in [2.24, 2.45) is 0 Å². The minimum absolute atomic E-state index is 0.0904. The van der Waals surface area contributed by atoms with Crippen molar-refractivity contribution in [1.29, 1.82) is 0 Å². The molecule has 84 valence electrons. The average molecular weight is 226 g/mol. The lowest BCUT2D eigenvalue weighted by Crippen LogP contribution is -2.25. The molecule has 0 saturated carbocycles. The Morgan fingerprint density at radius 2 is 1.82 bits per heavy atom. The number of carbonyl (C=O) groups is 1. The van der Waals surface area contributed by atoms with Crippen molar-refractivity contribution in [2.45, 2.75) is 0 Å². The number of hydrogen-bond donors (Lipinski definition) is 1. The first-order valence-corrected chi connectivity index (χ1v) is 5.22. The molecule has 3 heterocycles. The molecule has 1 aliphatic heterocycles. The molecule has 0 atom stereocenters. The quantitative estimate of drug-likeness (QED) is 0.744. The molecular weight excluding hydrogens is 216 g/mol. The maximum absolute atomic E-state index is 12.2. The lowest BCUT2D eigenvalue weighted by molar-refractivity contribution is 0.0994. The third-order valence-corrected chi connectivity index (χ3v) is 2.73. The smallest absolute Gasteiger partial charge is 0.261 e. The fourth-order valence-electron chi connectivity index (χ4n) is 1.84. The van der Waals surface area contributed by atoms with Crippen LogP contribution in [0.15, 0.2) is 36.7 Å². The maximum atomic E-state index is 12.2. The van der Waals surface area contributed by atoms with E-state index in [-0.39, 0.29) is 5.91 Å². The van der Waals surface area contributed by atoms with Crippen LogP contribution in [-0.2, 0) is 0 Å². The van der Waals surface area contributed by atoms with Crippen LogP contribution >= 0.6 is 0 Å². The molecule has 0 unspecified atom stereocenters. The van der Waals surface area contributed by atoms with Gasteiger partial charge >= 0.3 is 0 Å². The fourth-order valence-corrected chi connectivity index (χ4v) is 1.84. The van der Waals surface area contributed by atoms with Gasteiger partial charge in [0.25, 0.3) is 5.91 Å². The lowest BCUT2D eigenvalue weighted by Gasteiger charge is -2.15. The topological polar surface area (TPSA) is 58.1 Å². The number of nitrogens with one attached hydrogen (secondary N) is 1. The van der Waals surface area contributed by atoms with Crippen molar-refractivity contribution in [3.8, 4) is 0 Å². The highest BCUT2D eigenvalue weighted by molar-refractivity contribution is 6.12. The maximum Gasteiger partial charge on any atom is 0.261 e. The Labute approximate surface area is 98.1 Å². The van der Waals surface area contributed by atoms with E-state index in [0.717, 1.165) is 5.69 Å². The molecule has 2 aromatic rings. The van der Waals surface area contributed by atoms with E-state index in [1.165, 1.54) is 0 Å². The van der Waals surface area contributed by atoms with Gasteiger partial charge in [0.2, 0.25) is 0 Å². The van der Waals surface area contributed by atoms with Crippen LogP contribution in [0.3, 0.4) is 0 Å². The molecule has 0 aromatic carbocycles. The first-order chi connectivity index (χ1) is 8.27. The van der Waals surface area contributed by atoms with E-state index >= 15 is 0 Å². The molecule has 0 radical (unpaired) electrons. The summed E-state index contributed by atoms with van der Waals surface area (Å²) in [5, 5.41) is 3.08. The van der Waals surface area contributed by atoms with E-state index in [0.29, 0.717) is 17.2 Å². The van der Waals surface area contributed by atoms with Crippen molar-refractivity contribution in [2.75, 3.05) is 17.3 Å². The SMILES string of the molecule is CN1C(=O)c2cccnc2Nc2ncccc21. The molecule has 5 heteroatoms. The number of nitrogens with zero attached hydrogens (tertiary/aromatic N) is 3. The van der Waals surface area contributed by atoms with Gasteiger partial charge in [-0.2, -0.15) is 0 Å². The lowest BCUT2D eigenvalue weighted by atomic mass is 10.2. The van der Waals surface area contributed by atoms with Crippen LogP contribution in [0.1, 0.15) is 10.4 Å². The van der Waals surface area contributed by atoms with Gasteiger partial charge in [-0.05, 0) is 24.3 Å². The van der Waals surface area contributed by atoms with Crippen molar-refractivity contribution in [3.63, 3.8) is 0 Å². The molecule has 5 nitrogen and oxygen atoms in total. The Bertz CT molecular complexity index is 597. The molecule has 0 saturated heterocycles. The molecule has 0 bridgehead atoms. The zero-order chi connectivity index (χ0) is 11.8. The second-order valence-electron chi connectivity index (χ2n) is 3.76. The number of fused-ring (bicyclic) bond motifs is 2. The monoisotopic (exact) mass is 226 g/mol. The van der Waals surface area contributed by atoms with Gasteiger partial charge in [-0.15, -0.1) is 0 Å². The second kappa shape index (κ2) is 3.55. The van der Waals surface area contributed by atoms with Gasteiger partial charge in [-0.3, -0.25) is 4.79 Å². The normalized spacial score (nSPS) is 13.5. The molecule has 3 rings (SSSR count). The number of rotatable bonds is 0. The summed E-state index contributed by atoms with van der Waals surface area (Å²) in [6.45, 7) is 0. The van der Waals surface area contributed by atoms with Crippen LogP contribution in [0.2, 0.25) is 0 Å². The Kier molecular flexibility index (Phi) is 2.04. The summed E-state index contributed by atoms with van der Waals surface area (Å²) < 4.78 is 0. The van der Waals surface area contributed by atoms with E-state index in [1.807, 2.05) is 6.07 Å². The minimum atomic E-state index is -0.0904. The van der Waals surface area contributed by atoms with Crippen molar-refractivity contribution in [1.82, 2.24) is 9.97 Å². The predicted molar refractivity (Wildman–Crippen MR) is 64.5 cm³/mol. The van der Waals surface area contributed by atoms with Crippen LogP contribution in [0, 0.1) is 0 Å². The average Bonchev–Trinajstić information content (AvgIpc) is 2.48. The second-order valence-corrected chi connectivity index (χ2v) is 3.76. The molecule has 0 spiro atoms. The molecule has 17 heavy (non-hydrogen) atoms. The van der Waals surface area contributed by atoms with Crippen molar-refractivity contribution < 1.29 is 4.79 Å². The molecular formula is C12H10N4O. The van der Waals surface area contributed by atoms with Crippen molar-refractivity contribution in [3.05, 3.63) is 42.2 Å². The summed E-state index contributed by atoms with van der Waals surface area (Å²) in [5.74, 6) is 1.09. The summed E-state index contributed by atoms with van der Waals surface area (Å²) >= 11 is 0. The predicted octanol–water partition coefficient (Wildman–Crippen LogP) is 1.81. The van der Waals surface area contributed by atoms with Crippen LogP contribution in [0.4, 0.5) is 17.3 Å². The zero-order valence-corrected chi connectivity index (χ0v) is 9.21. The van der Waals surface area contributed by atoms with Gasteiger partial charge in [0, 0.05) is 19.4 Å². The van der Waals surface area contributed by atoms with E-state index in [9.17, 15) is 4.79 Å². The fraction of sp³-hybridized carbons (Fsp3) is 0.0833. The Morgan fingerprint density at radius 3 is 2.65 bits per heavy atom. The highest BCUT2D eigenvalue weighted by Gasteiger charge is 2.24. The van der Waals surface area contributed by atoms with Crippen molar-refractivity contribution >= 4 is 23.2 Å². The summed E-state index contributed by atoms with van der Waals surface area (Å²) in [6.07, 6.45) is 3.32. The third kappa shape index (κ3) is 1.44. The summed E-state index contributed by atoms with van der Waals surface area (Å²) in [4.78, 5) is 22.2. The highest BCUT2D eigenvalue weighted by atomic mass is 16.2. The van der Waals surface area contributed by atoms with Crippen LogP contribution in [0.25, 0.3) is 0 Å². The standard InChI is InChI=1S/C12H10N4O/c1-16-9-5-3-7-14-11(9)15-10-8(12(16)17)4-2-6-13-10/h2-7H,1H3,(H,13,14,15). The molecule has 1 amide bonds. The Morgan fingerprint density at radius 1 is 1.12 bits per heavy atom. The first kappa shape index (κ1) is 9.77. The number of hydrogen-bond acceptors (Lipinski definition) is 4. The van der Waals surface area contributed by atoms with Gasteiger partial charge < -0.3 is 10.2 Å². The summed E-state index contributed by atoms with van der Waals surface area (Å²) in [5.41, 5.74) is 1.29. The molecule has 1 aliphatic rings. The summed E-state index contributed by atoms with van der Waals surface area (Å²) in [6, 6.07) is 7.14. The third-order valence-electron chi connectivity index (χ3n) is 2.73. The van der Waals surface area contributed by atoms with Gasteiger partial charge in [0.1, 0.15) is 5.82 Å². The molecule has 0 fully saturated rings. The number of pyridine rings is 2. The first-order valence-electron chi connectivity index (χ1n) is 5.22. The van der Waals surface area contributed by atoms with Crippen LogP contribution in [-0.4, -0.2) is 22.9 Å². The number of carbonyl (C=O) groups excluding carboxylic acids is 1. The molecule has 2 aromatic heterocycles. The highest BCUT2D eigenvalue weighted by Crippen LogP contribution is 2.31. The van der Waals surface area contributed by atoms with Crippen LogP contribution in [0.5, 0.6) is 0 Å². The minimum Gasteiger partial charge on any atom is -0.323 e. The Hall–Kier alpha value is -2.43. The number of amides is 1. The molecule has 0 aliphatic carbocycles. The van der Waals surface area contributed by atoms with Gasteiger partial charge in [-0.1, -0.05) is 0 Å². The zero-order valence-electron chi connectivity index (χ0n) is 9.21.